The van der Waals surface area contributed by atoms with Crippen molar-refractivity contribution < 1.29 is 9.53 Å². The average molecular weight is 443 g/mol. The van der Waals surface area contributed by atoms with E-state index in [4.69, 9.17) is 9.72 Å². The number of benzene rings is 3. The molecule has 0 aliphatic carbocycles. The molecule has 0 radical (unpaired) electrons. The van der Waals surface area contributed by atoms with E-state index in [0.717, 1.165) is 28.1 Å². The SMILES string of the molecule is CNC(=O)c1cc(NCc2c(C)cccc2C)c2nc(C)n(COCc3ccccc3)c2c1. The number of hydrogen-bond acceptors (Lipinski definition) is 4. The molecule has 6 nitrogen and oxygen atoms in total. The van der Waals surface area contributed by atoms with Gasteiger partial charge in [-0.05, 0) is 55.2 Å². The molecule has 1 heterocycles. The summed E-state index contributed by atoms with van der Waals surface area (Å²) in [5.41, 5.74) is 7.94. The average Bonchev–Trinajstić information content (AvgIpc) is 3.14. The molecule has 0 unspecified atom stereocenters. The normalized spacial score (nSPS) is 11.0. The molecular weight excluding hydrogens is 412 g/mol. The maximum Gasteiger partial charge on any atom is 0.251 e. The quantitative estimate of drug-likeness (QED) is 0.398. The summed E-state index contributed by atoms with van der Waals surface area (Å²) in [5, 5.41) is 6.26. The highest BCUT2D eigenvalue weighted by Gasteiger charge is 2.16. The minimum absolute atomic E-state index is 0.136. The summed E-state index contributed by atoms with van der Waals surface area (Å²) in [4.78, 5) is 17.3. The third-order valence-electron chi connectivity index (χ3n) is 5.97. The van der Waals surface area contributed by atoms with Gasteiger partial charge in [-0.3, -0.25) is 4.79 Å². The second kappa shape index (κ2) is 9.88. The first kappa shape index (κ1) is 22.6. The number of ether oxygens (including phenoxy) is 1. The van der Waals surface area contributed by atoms with Gasteiger partial charge < -0.3 is 19.9 Å². The summed E-state index contributed by atoms with van der Waals surface area (Å²) >= 11 is 0. The Labute approximate surface area is 194 Å². The molecule has 2 N–H and O–H groups in total. The first-order valence-corrected chi connectivity index (χ1v) is 11.1. The maximum absolute atomic E-state index is 12.5. The fraction of sp³-hybridized carbons (Fsp3) is 0.259. The molecule has 170 valence electrons. The third kappa shape index (κ3) is 4.91. The van der Waals surface area contributed by atoms with Gasteiger partial charge in [-0.2, -0.15) is 0 Å². The fourth-order valence-electron chi connectivity index (χ4n) is 4.05. The third-order valence-corrected chi connectivity index (χ3v) is 5.97. The van der Waals surface area contributed by atoms with E-state index in [2.05, 4.69) is 42.7 Å². The summed E-state index contributed by atoms with van der Waals surface area (Å²) in [7, 11) is 1.64. The number of nitrogens with one attached hydrogen (secondary N) is 2. The van der Waals surface area contributed by atoms with E-state index in [-0.39, 0.29) is 5.91 Å². The minimum Gasteiger partial charge on any atom is -0.379 e. The fourth-order valence-corrected chi connectivity index (χ4v) is 4.05. The lowest BCUT2D eigenvalue weighted by molar-refractivity contribution is 0.0652. The van der Waals surface area contributed by atoms with Crippen molar-refractivity contribution >= 4 is 22.6 Å². The van der Waals surface area contributed by atoms with Gasteiger partial charge in [0.15, 0.2) is 0 Å². The Hall–Kier alpha value is -3.64. The Morgan fingerprint density at radius 3 is 2.42 bits per heavy atom. The molecule has 3 aromatic carbocycles. The summed E-state index contributed by atoms with van der Waals surface area (Å²) < 4.78 is 7.99. The summed E-state index contributed by atoms with van der Waals surface area (Å²) in [6, 6.07) is 20.1. The van der Waals surface area contributed by atoms with Crippen molar-refractivity contribution in [2.24, 2.45) is 0 Å². The molecule has 1 amide bonds. The van der Waals surface area contributed by atoms with Gasteiger partial charge in [0.25, 0.3) is 5.91 Å². The Morgan fingerprint density at radius 1 is 1.00 bits per heavy atom. The first-order chi connectivity index (χ1) is 16.0. The van der Waals surface area contributed by atoms with Crippen LogP contribution in [0.5, 0.6) is 0 Å². The largest absolute Gasteiger partial charge is 0.379 e. The maximum atomic E-state index is 12.5. The van der Waals surface area contributed by atoms with Crippen molar-refractivity contribution in [1.82, 2.24) is 14.9 Å². The number of aromatic nitrogens is 2. The molecule has 0 atom stereocenters. The lowest BCUT2D eigenvalue weighted by Crippen LogP contribution is -2.18. The summed E-state index contributed by atoms with van der Waals surface area (Å²) in [6.45, 7) is 7.70. The van der Waals surface area contributed by atoms with Crippen LogP contribution in [0.2, 0.25) is 0 Å². The van der Waals surface area contributed by atoms with Crippen molar-refractivity contribution in [3.05, 3.63) is 94.3 Å². The van der Waals surface area contributed by atoms with E-state index >= 15 is 0 Å². The number of carbonyl (C=O) groups is 1. The molecule has 33 heavy (non-hydrogen) atoms. The number of anilines is 1. The van der Waals surface area contributed by atoms with E-state index < -0.39 is 0 Å². The Bertz CT molecular complexity index is 1260. The predicted octanol–water partition coefficient (Wildman–Crippen LogP) is 5.11. The van der Waals surface area contributed by atoms with E-state index in [1.54, 1.807) is 7.05 Å². The van der Waals surface area contributed by atoms with Crippen LogP contribution in [0.25, 0.3) is 11.0 Å². The molecule has 1 aromatic heterocycles. The summed E-state index contributed by atoms with van der Waals surface area (Å²) in [6.07, 6.45) is 0. The van der Waals surface area contributed by atoms with Crippen LogP contribution in [0.1, 0.15) is 38.4 Å². The monoisotopic (exact) mass is 442 g/mol. The van der Waals surface area contributed by atoms with Gasteiger partial charge in [-0.15, -0.1) is 0 Å². The van der Waals surface area contributed by atoms with Gasteiger partial charge in [-0.25, -0.2) is 4.98 Å². The van der Waals surface area contributed by atoms with Gasteiger partial charge in [0.2, 0.25) is 0 Å². The van der Waals surface area contributed by atoms with Gasteiger partial charge in [-0.1, -0.05) is 48.5 Å². The standard InChI is InChI=1S/C27H30N4O2/c1-18-9-8-10-19(2)23(18)15-29-24-13-22(27(32)28-4)14-25-26(24)30-20(3)31(25)17-33-16-21-11-6-5-7-12-21/h5-14,29H,15-17H2,1-4H3,(H,28,32). The number of hydrogen-bond donors (Lipinski definition) is 2. The van der Waals surface area contributed by atoms with Crippen molar-refractivity contribution in [3.63, 3.8) is 0 Å². The number of imidazole rings is 1. The minimum atomic E-state index is -0.136. The molecule has 0 aliphatic rings. The number of rotatable bonds is 8. The van der Waals surface area contributed by atoms with Crippen LogP contribution in [0.4, 0.5) is 5.69 Å². The van der Waals surface area contributed by atoms with Crippen LogP contribution in [0, 0.1) is 20.8 Å². The molecule has 0 fully saturated rings. The van der Waals surface area contributed by atoms with Crippen LogP contribution in [0.15, 0.2) is 60.7 Å². The lowest BCUT2D eigenvalue weighted by atomic mass is 10.0. The predicted molar refractivity (Wildman–Crippen MR) is 132 cm³/mol. The molecule has 4 aromatic rings. The zero-order chi connectivity index (χ0) is 23.4. The topological polar surface area (TPSA) is 68.2 Å². The van der Waals surface area contributed by atoms with Crippen molar-refractivity contribution in [1.29, 1.82) is 0 Å². The van der Waals surface area contributed by atoms with Gasteiger partial charge in [0.05, 0.1) is 17.8 Å². The van der Waals surface area contributed by atoms with Gasteiger partial charge in [0.1, 0.15) is 18.1 Å². The van der Waals surface area contributed by atoms with E-state index in [9.17, 15) is 4.79 Å². The van der Waals surface area contributed by atoms with Crippen LogP contribution >= 0.6 is 0 Å². The molecule has 0 saturated carbocycles. The molecule has 6 heteroatoms. The number of carbonyl (C=O) groups excluding carboxylic acids is 1. The highest BCUT2D eigenvalue weighted by molar-refractivity contribution is 6.01. The van der Waals surface area contributed by atoms with Crippen LogP contribution < -0.4 is 10.6 Å². The highest BCUT2D eigenvalue weighted by Crippen LogP contribution is 2.28. The van der Waals surface area contributed by atoms with Crippen molar-refractivity contribution in [2.75, 3.05) is 12.4 Å². The second-order valence-electron chi connectivity index (χ2n) is 8.24. The number of nitrogens with zero attached hydrogens (tertiary/aromatic N) is 2. The van der Waals surface area contributed by atoms with Crippen molar-refractivity contribution in [2.45, 2.75) is 40.7 Å². The molecular formula is C27H30N4O2. The van der Waals surface area contributed by atoms with Gasteiger partial charge in [0, 0.05) is 19.2 Å². The van der Waals surface area contributed by atoms with Crippen LogP contribution in [-0.4, -0.2) is 22.5 Å². The molecule has 0 saturated heterocycles. The molecule has 4 rings (SSSR count). The van der Waals surface area contributed by atoms with Crippen LogP contribution in [-0.2, 0) is 24.6 Å². The lowest BCUT2D eigenvalue weighted by Gasteiger charge is -2.14. The zero-order valence-corrected chi connectivity index (χ0v) is 19.6. The zero-order valence-electron chi connectivity index (χ0n) is 19.6. The number of amides is 1. The van der Waals surface area contributed by atoms with E-state index in [1.165, 1.54) is 16.7 Å². The Kier molecular flexibility index (Phi) is 6.75. The highest BCUT2D eigenvalue weighted by atomic mass is 16.5. The molecule has 0 spiro atoms. The summed E-state index contributed by atoms with van der Waals surface area (Å²) in [5.74, 6) is 0.699. The number of fused-ring (bicyclic) bond motifs is 1. The smallest absolute Gasteiger partial charge is 0.251 e. The Morgan fingerprint density at radius 2 is 1.73 bits per heavy atom. The van der Waals surface area contributed by atoms with E-state index in [1.807, 2.05) is 54.0 Å². The Balaban J connectivity index is 1.66. The second-order valence-corrected chi connectivity index (χ2v) is 8.24. The molecule has 0 bridgehead atoms. The molecule has 0 aliphatic heterocycles. The number of aryl methyl sites for hydroxylation is 3. The van der Waals surface area contributed by atoms with Gasteiger partial charge >= 0.3 is 0 Å². The van der Waals surface area contributed by atoms with Crippen molar-refractivity contribution in [3.8, 4) is 0 Å². The van der Waals surface area contributed by atoms with Crippen LogP contribution in [0.3, 0.4) is 0 Å². The first-order valence-electron chi connectivity index (χ1n) is 11.1. The van der Waals surface area contributed by atoms with E-state index in [0.29, 0.717) is 25.4 Å².